The van der Waals surface area contributed by atoms with Gasteiger partial charge >= 0.3 is 0 Å². The maximum absolute atomic E-state index is 9.10. The Kier molecular flexibility index (Phi) is 6.59. The van der Waals surface area contributed by atoms with Gasteiger partial charge in [0.2, 0.25) is 0 Å². The Morgan fingerprint density at radius 2 is 1.89 bits per heavy atom. The fourth-order valence-electron chi connectivity index (χ4n) is 2.09. The summed E-state index contributed by atoms with van der Waals surface area (Å²) >= 11 is 0. The minimum absolute atomic E-state index is 0.308. The topological polar surface area (TPSA) is 35.8 Å². The molecule has 0 fully saturated rings. The SMILES string of the molecule is CCCCCC(NCC(C)(C)C#N)c1ccccc1. The highest BCUT2D eigenvalue weighted by molar-refractivity contribution is 5.19. The fourth-order valence-corrected chi connectivity index (χ4v) is 2.09. The van der Waals surface area contributed by atoms with Gasteiger partial charge in [0.1, 0.15) is 0 Å². The van der Waals surface area contributed by atoms with Crippen LogP contribution >= 0.6 is 0 Å². The van der Waals surface area contributed by atoms with Gasteiger partial charge in [-0.25, -0.2) is 0 Å². The van der Waals surface area contributed by atoms with E-state index in [2.05, 4.69) is 42.6 Å². The Hall–Kier alpha value is -1.33. The van der Waals surface area contributed by atoms with Crippen molar-refractivity contribution in [3.05, 3.63) is 35.9 Å². The molecule has 0 aliphatic carbocycles. The van der Waals surface area contributed by atoms with Crippen molar-refractivity contribution in [2.45, 2.75) is 52.5 Å². The van der Waals surface area contributed by atoms with Crippen molar-refractivity contribution in [3.8, 4) is 6.07 Å². The smallest absolute Gasteiger partial charge is 0.0697 e. The van der Waals surface area contributed by atoms with E-state index in [1.807, 2.05) is 19.9 Å². The number of nitriles is 1. The Bertz CT molecular complexity index is 389. The molecule has 0 spiro atoms. The molecule has 1 unspecified atom stereocenters. The molecule has 1 N–H and O–H groups in total. The van der Waals surface area contributed by atoms with Crippen LogP contribution in [0.3, 0.4) is 0 Å². The maximum atomic E-state index is 9.10. The summed E-state index contributed by atoms with van der Waals surface area (Å²) in [6, 6.07) is 13.3. The molecule has 0 saturated carbocycles. The van der Waals surface area contributed by atoms with Gasteiger partial charge in [0.05, 0.1) is 11.5 Å². The summed E-state index contributed by atoms with van der Waals surface area (Å²) in [5.74, 6) is 0. The molecule has 1 atom stereocenters. The summed E-state index contributed by atoms with van der Waals surface area (Å²) in [7, 11) is 0. The van der Waals surface area contributed by atoms with Crippen molar-refractivity contribution >= 4 is 0 Å². The molecule has 0 radical (unpaired) electrons. The van der Waals surface area contributed by atoms with Crippen LogP contribution in [0.5, 0.6) is 0 Å². The van der Waals surface area contributed by atoms with E-state index >= 15 is 0 Å². The number of nitrogens with zero attached hydrogens (tertiary/aromatic N) is 1. The first-order valence-corrected chi connectivity index (χ1v) is 7.28. The van der Waals surface area contributed by atoms with E-state index in [4.69, 9.17) is 5.26 Å². The Balaban J connectivity index is 2.63. The van der Waals surface area contributed by atoms with E-state index in [1.165, 1.54) is 24.8 Å². The van der Waals surface area contributed by atoms with Crippen LogP contribution in [0, 0.1) is 16.7 Å². The molecule has 1 rings (SSSR count). The van der Waals surface area contributed by atoms with Crippen molar-refractivity contribution in [2.75, 3.05) is 6.54 Å². The second-order valence-corrected chi connectivity index (χ2v) is 5.84. The molecule has 1 aromatic carbocycles. The summed E-state index contributed by atoms with van der Waals surface area (Å²) in [6.07, 6.45) is 4.88. The monoisotopic (exact) mass is 258 g/mol. The van der Waals surface area contributed by atoms with Crippen LogP contribution < -0.4 is 5.32 Å². The predicted octanol–water partition coefficient (Wildman–Crippen LogP) is 4.45. The lowest BCUT2D eigenvalue weighted by atomic mass is 9.93. The average Bonchev–Trinajstić information content (AvgIpc) is 2.43. The van der Waals surface area contributed by atoms with Crippen molar-refractivity contribution in [1.29, 1.82) is 5.26 Å². The van der Waals surface area contributed by atoms with Crippen LogP contribution in [0.1, 0.15) is 58.1 Å². The third-order valence-electron chi connectivity index (χ3n) is 3.39. The van der Waals surface area contributed by atoms with Gasteiger partial charge in [-0.05, 0) is 25.8 Å². The van der Waals surface area contributed by atoms with E-state index < -0.39 is 0 Å². The highest BCUT2D eigenvalue weighted by Crippen LogP contribution is 2.22. The summed E-state index contributed by atoms with van der Waals surface area (Å²) in [4.78, 5) is 0. The quantitative estimate of drug-likeness (QED) is 0.699. The van der Waals surface area contributed by atoms with E-state index in [1.54, 1.807) is 0 Å². The van der Waals surface area contributed by atoms with Crippen molar-refractivity contribution in [1.82, 2.24) is 5.32 Å². The van der Waals surface area contributed by atoms with Crippen molar-refractivity contribution in [2.24, 2.45) is 5.41 Å². The lowest BCUT2D eigenvalue weighted by Gasteiger charge is -2.23. The number of rotatable bonds is 8. The van der Waals surface area contributed by atoms with E-state index in [-0.39, 0.29) is 5.41 Å². The highest BCUT2D eigenvalue weighted by atomic mass is 14.9. The van der Waals surface area contributed by atoms with Crippen LogP contribution in [0.2, 0.25) is 0 Å². The Morgan fingerprint density at radius 3 is 2.47 bits per heavy atom. The van der Waals surface area contributed by atoms with E-state index in [9.17, 15) is 0 Å². The summed E-state index contributed by atoms with van der Waals surface area (Å²) in [5.41, 5.74) is 1.02. The lowest BCUT2D eigenvalue weighted by Crippen LogP contribution is -2.31. The molecule has 0 amide bonds. The lowest BCUT2D eigenvalue weighted by molar-refractivity contribution is 0.385. The second-order valence-electron chi connectivity index (χ2n) is 5.84. The third kappa shape index (κ3) is 5.89. The predicted molar refractivity (Wildman–Crippen MR) is 80.7 cm³/mol. The zero-order chi connectivity index (χ0) is 14.1. The maximum Gasteiger partial charge on any atom is 0.0697 e. The summed E-state index contributed by atoms with van der Waals surface area (Å²) < 4.78 is 0. The molecule has 0 aliphatic heterocycles. The average molecular weight is 258 g/mol. The number of benzene rings is 1. The molecule has 0 aromatic heterocycles. The fraction of sp³-hybridized carbons (Fsp3) is 0.588. The van der Waals surface area contributed by atoms with Crippen LogP contribution in [-0.4, -0.2) is 6.54 Å². The van der Waals surface area contributed by atoms with Crippen molar-refractivity contribution in [3.63, 3.8) is 0 Å². The number of nitrogens with one attached hydrogen (secondary N) is 1. The molecule has 2 heteroatoms. The number of hydrogen-bond acceptors (Lipinski definition) is 2. The van der Waals surface area contributed by atoms with Crippen LogP contribution in [0.4, 0.5) is 0 Å². The molecular formula is C17H26N2. The number of hydrogen-bond donors (Lipinski definition) is 1. The standard InChI is InChI=1S/C17H26N2/c1-4-5-7-12-16(15-10-8-6-9-11-15)19-14-17(2,3)13-18/h6,8-11,16,19H,4-5,7,12,14H2,1-3H3. The molecule has 104 valence electrons. The Labute approximate surface area is 117 Å². The minimum atomic E-state index is -0.308. The molecule has 1 aromatic rings. The van der Waals surface area contributed by atoms with Gasteiger partial charge in [-0.15, -0.1) is 0 Å². The van der Waals surface area contributed by atoms with E-state index in [0.717, 1.165) is 13.0 Å². The Morgan fingerprint density at radius 1 is 1.21 bits per heavy atom. The molecule has 2 nitrogen and oxygen atoms in total. The van der Waals surface area contributed by atoms with Crippen LogP contribution in [0.25, 0.3) is 0 Å². The van der Waals surface area contributed by atoms with Gasteiger partial charge in [-0.2, -0.15) is 5.26 Å². The van der Waals surface area contributed by atoms with Gasteiger partial charge in [0.25, 0.3) is 0 Å². The first-order chi connectivity index (χ1) is 9.09. The van der Waals surface area contributed by atoms with Crippen LogP contribution in [-0.2, 0) is 0 Å². The second kappa shape index (κ2) is 7.96. The molecule has 19 heavy (non-hydrogen) atoms. The molecular weight excluding hydrogens is 232 g/mol. The van der Waals surface area contributed by atoms with Crippen molar-refractivity contribution < 1.29 is 0 Å². The van der Waals surface area contributed by atoms with Gasteiger partial charge in [-0.1, -0.05) is 56.5 Å². The number of unbranched alkanes of at least 4 members (excludes halogenated alkanes) is 2. The van der Waals surface area contributed by atoms with Gasteiger partial charge < -0.3 is 5.32 Å². The normalized spacial score (nSPS) is 12.9. The van der Waals surface area contributed by atoms with Gasteiger partial charge in [0, 0.05) is 12.6 Å². The molecule has 0 aliphatic rings. The zero-order valence-corrected chi connectivity index (χ0v) is 12.4. The highest BCUT2D eigenvalue weighted by Gasteiger charge is 2.19. The molecule has 0 heterocycles. The minimum Gasteiger partial charge on any atom is -0.308 e. The largest absolute Gasteiger partial charge is 0.308 e. The first-order valence-electron chi connectivity index (χ1n) is 7.28. The van der Waals surface area contributed by atoms with Gasteiger partial charge in [-0.3, -0.25) is 0 Å². The summed E-state index contributed by atoms with van der Waals surface area (Å²) in [6.45, 7) is 6.92. The third-order valence-corrected chi connectivity index (χ3v) is 3.39. The van der Waals surface area contributed by atoms with E-state index in [0.29, 0.717) is 6.04 Å². The first kappa shape index (κ1) is 15.7. The molecule has 0 bridgehead atoms. The van der Waals surface area contributed by atoms with Crippen LogP contribution in [0.15, 0.2) is 30.3 Å². The van der Waals surface area contributed by atoms with Gasteiger partial charge in [0.15, 0.2) is 0 Å². The molecule has 0 saturated heterocycles. The zero-order valence-electron chi connectivity index (χ0n) is 12.4. The summed E-state index contributed by atoms with van der Waals surface area (Å²) in [5, 5.41) is 12.7.